The van der Waals surface area contributed by atoms with E-state index in [-0.39, 0.29) is 0 Å². The van der Waals surface area contributed by atoms with Gasteiger partial charge in [-0.1, -0.05) is 43.0 Å². The molecule has 1 aromatic carbocycles. The van der Waals surface area contributed by atoms with Gasteiger partial charge in [0.25, 0.3) is 0 Å². The van der Waals surface area contributed by atoms with Crippen LogP contribution in [-0.2, 0) is 6.54 Å². The molecule has 0 bridgehead atoms. The van der Waals surface area contributed by atoms with Crippen molar-refractivity contribution in [1.29, 1.82) is 5.41 Å². The molecule has 1 saturated carbocycles. The molecule has 0 aromatic heterocycles. The van der Waals surface area contributed by atoms with E-state index in [0.29, 0.717) is 5.92 Å². The maximum absolute atomic E-state index is 8.28. The van der Waals surface area contributed by atoms with Crippen molar-refractivity contribution in [3.8, 4) is 0 Å². The summed E-state index contributed by atoms with van der Waals surface area (Å²) < 4.78 is 0. The van der Waals surface area contributed by atoms with Crippen LogP contribution in [0.25, 0.3) is 0 Å². The summed E-state index contributed by atoms with van der Waals surface area (Å²) in [7, 11) is 2.02. The van der Waals surface area contributed by atoms with Gasteiger partial charge in [-0.05, 0) is 30.5 Å². The van der Waals surface area contributed by atoms with Crippen LogP contribution in [0.2, 0.25) is 5.02 Å². The summed E-state index contributed by atoms with van der Waals surface area (Å²) in [4.78, 5) is 2.07. The summed E-state index contributed by atoms with van der Waals surface area (Å²) in [5.74, 6) is 1.26. The summed E-state index contributed by atoms with van der Waals surface area (Å²) in [5, 5.41) is 9.05. The third-order valence-electron chi connectivity index (χ3n) is 3.74. The van der Waals surface area contributed by atoms with Crippen LogP contribution >= 0.6 is 11.6 Å². The average Bonchev–Trinajstić information content (AvgIpc) is 2.41. The molecule has 0 atom stereocenters. The molecule has 1 aliphatic carbocycles. The van der Waals surface area contributed by atoms with Gasteiger partial charge in [0.15, 0.2) is 0 Å². The molecule has 2 nitrogen and oxygen atoms in total. The Labute approximate surface area is 114 Å². The summed E-state index contributed by atoms with van der Waals surface area (Å²) in [6, 6.07) is 7.89. The van der Waals surface area contributed by atoms with Crippen LogP contribution in [0.1, 0.15) is 37.7 Å². The van der Waals surface area contributed by atoms with Crippen LogP contribution in [0.4, 0.5) is 0 Å². The second kappa shape index (κ2) is 6.24. The Morgan fingerprint density at radius 2 is 1.83 bits per heavy atom. The highest BCUT2D eigenvalue weighted by molar-refractivity contribution is 6.30. The minimum Gasteiger partial charge on any atom is -0.359 e. The van der Waals surface area contributed by atoms with Crippen molar-refractivity contribution in [2.75, 3.05) is 7.05 Å². The van der Waals surface area contributed by atoms with E-state index in [1.807, 2.05) is 31.3 Å². The van der Waals surface area contributed by atoms with E-state index in [1.54, 1.807) is 0 Å². The fourth-order valence-electron chi connectivity index (χ4n) is 2.64. The third kappa shape index (κ3) is 3.49. The molecule has 0 unspecified atom stereocenters. The van der Waals surface area contributed by atoms with Gasteiger partial charge >= 0.3 is 0 Å². The lowest BCUT2D eigenvalue weighted by Crippen LogP contribution is -2.32. The molecule has 3 heteroatoms. The average molecular weight is 265 g/mol. The van der Waals surface area contributed by atoms with Crippen molar-refractivity contribution >= 4 is 17.4 Å². The smallest absolute Gasteiger partial charge is 0.0989 e. The zero-order valence-corrected chi connectivity index (χ0v) is 11.7. The molecule has 0 radical (unpaired) electrons. The van der Waals surface area contributed by atoms with Gasteiger partial charge in [0, 0.05) is 24.5 Å². The van der Waals surface area contributed by atoms with E-state index in [1.165, 1.54) is 37.7 Å². The predicted molar refractivity (Wildman–Crippen MR) is 77.2 cm³/mol. The van der Waals surface area contributed by atoms with Gasteiger partial charge in [-0.15, -0.1) is 0 Å². The lowest BCUT2D eigenvalue weighted by atomic mass is 9.88. The zero-order valence-electron chi connectivity index (χ0n) is 11.0. The third-order valence-corrected chi connectivity index (χ3v) is 3.99. The lowest BCUT2D eigenvalue weighted by molar-refractivity contribution is 0.382. The van der Waals surface area contributed by atoms with Gasteiger partial charge in [-0.25, -0.2) is 0 Å². The van der Waals surface area contributed by atoms with Gasteiger partial charge < -0.3 is 4.90 Å². The number of nitrogens with one attached hydrogen (secondary N) is 1. The highest BCUT2D eigenvalue weighted by Gasteiger charge is 2.20. The molecule has 0 aliphatic heterocycles. The zero-order chi connectivity index (χ0) is 13.0. The molecule has 1 aromatic rings. The first-order chi connectivity index (χ1) is 8.66. The van der Waals surface area contributed by atoms with Crippen molar-refractivity contribution in [2.45, 2.75) is 38.6 Å². The van der Waals surface area contributed by atoms with E-state index in [4.69, 9.17) is 17.0 Å². The topological polar surface area (TPSA) is 27.1 Å². The quantitative estimate of drug-likeness (QED) is 0.639. The molecule has 1 N–H and O–H groups in total. The number of hydrogen-bond acceptors (Lipinski definition) is 1. The number of nitrogens with zero attached hydrogens (tertiary/aromatic N) is 1. The van der Waals surface area contributed by atoms with Crippen LogP contribution in [-0.4, -0.2) is 17.8 Å². The number of hydrogen-bond donors (Lipinski definition) is 1. The monoisotopic (exact) mass is 264 g/mol. The maximum Gasteiger partial charge on any atom is 0.0989 e. The van der Waals surface area contributed by atoms with Crippen LogP contribution in [0, 0.1) is 11.3 Å². The summed E-state index contributed by atoms with van der Waals surface area (Å²) in [5.41, 5.74) is 1.21. The van der Waals surface area contributed by atoms with Crippen molar-refractivity contribution in [2.24, 2.45) is 5.92 Å². The van der Waals surface area contributed by atoms with E-state index in [2.05, 4.69) is 4.90 Å². The van der Waals surface area contributed by atoms with Crippen molar-refractivity contribution < 1.29 is 0 Å². The first kappa shape index (κ1) is 13.4. The maximum atomic E-state index is 8.28. The van der Waals surface area contributed by atoms with Crippen molar-refractivity contribution in [3.63, 3.8) is 0 Å². The normalized spacial score (nSPS) is 16.6. The first-order valence-corrected chi connectivity index (χ1v) is 7.08. The molecule has 0 amide bonds. The Bertz CT molecular complexity index is 393. The molecule has 0 heterocycles. The molecule has 98 valence electrons. The van der Waals surface area contributed by atoms with Gasteiger partial charge in [0.05, 0.1) is 5.84 Å². The summed E-state index contributed by atoms with van der Waals surface area (Å²) in [6.45, 7) is 0.798. The number of benzene rings is 1. The Balaban J connectivity index is 1.92. The molecule has 1 fully saturated rings. The van der Waals surface area contributed by atoms with Crippen LogP contribution < -0.4 is 0 Å². The van der Waals surface area contributed by atoms with Crippen molar-refractivity contribution in [1.82, 2.24) is 4.90 Å². The molecular formula is C15H21ClN2. The standard InChI is InChI=1S/C15H21ClN2/c1-18(11-12-7-9-14(16)10-8-12)15(17)13-5-3-2-4-6-13/h7-10,13,17H,2-6,11H2,1H3. The largest absolute Gasteiger partial charge is 0.359 e. The summed E-state index contributed by atoms with van der Waals surface area (Å²) >= 11 is 5.88. The Hall–Kier alpha value is -1.02. The van der Waals surface area contributed by atoms with Gasteiger partial charge in [-0.2, -0.15) is 0 Å². The van der Waals surface area contributed by atoms with Crippen LogP contribution in [0.3, 0.4) is 0 Å². The fraction of sp³-hybridized carbons (Fsp3) is 0.533. The van der Waals surface area contributed by atoms with E-state index < -0.39 is 0 Å². The van der Waals surface area contributed by atoms with Gasteiger partial charge in [-0.3, -0.25) is 5.41 Å². The second-order valence-corrected chi connectivity index (χ2v) is 5.64. The molecule has 0 spiro atoms. The molecule has 0 saturated heterocycles. The van der Waals surface area contributed by atoms with Crippen LogP contribution in [0.5, 0.6) is 0 Å². The van der Waals surface area contributed by atoms with Gasteiger partial charge in [0.2, 0.25) is 0 Å². The second-order valence-electron chi connectivity index (χ2n) is 5.20. The number of amidine groups is 1. The highest BCUT2D eigenvalue weighted by Crippen LogP contribution is 2.25. The summed E-state index contributed by atoms with van der Waals surface area (Å²) in [6.07, 6.45) is 6.27. The number of rotatable bonds is 3. The Kier molecular flexibility index (Phi) is 4.65. The van der Waals surface area contributed by atoms with Crippen LogP contribution in [0.15, 0.2) is 24.3 Å². The molecule has 18 heavy (non-hydrogen) atoms. The van der Waals surface area contributed by atoms with Gasteiger partial charge in [0.1, 0.15) is 0 Å². The van der Waals surface area contributed by atoms with E-state index in [9.17, 15) is 0 Å². The Morgan fingerprint density at radius 1 is 1.22 bits per heavy atom. The predicted octanol–water partition coefficient (Wildman–Crippen LogP) is 4.33. The van der Waals surface area contributed by atoms with E-state index >= 15 is 0 Å². The number of halogens is 1. The van der Waals surface area contributed by atoms with E-state index in [0.717, 1.165) is 17.4 Å². The fourth-order valence-corrected chi connectivity index (χ4v) is 2.76. The highest BCUT2D eigenvalue weighted by atomic mass is 35.5. The lowest BCUT2D eigenvalue weighted by Gasteiger charge is -2.29. The molecule has 2 rings (SSSR count). The minimum absolute atomic E-state index is 0.469. The first-order valence-electron chi connectivity index (χ1n) is 6.71. The van der Waals surface area contributed by atoms with Crippen molar-refractivity contribution in [3.05, 3.63) is 34.9 Å². The molecular weight excluding hydrogens is 244 g/mol. The Morgan fingerprint density at radius 3 is 2.44 bits per heavy atom. The minimum atomic E-state index is 0.469. The SMILES string of the molecule is CN(Cc1ccc(Cl)cc1)C(=N)C1CCCCC1. The molecule has 1 aliphatic rings.